The van der Waals surface area contributed by atoms with E-state index in [4.69, 9.17) is 23.2 Å². The summed E-state index contributed by atoms with van der Waals surface area (Å²) in [7, 11) is -3.84. The van der Waals surface area contributed by atoms with E-state index >= 15 is 0 Å². The van der Waals surface area contributed by atoms with Gasteiger partial charge in [-0.25, -0.2) is 13.1 Å². The molecule has 5 nitrogen and oxygen atoms in total. The van der Waals surface area contributed by atoms with E-state index in [9.17, 15) is 13.2 Å². The van der Waals surface area contributed by atoms with Crippen molar-refractivity contribution in [1.82, 2.24) is 10.0 Å². The van der Waals surface area contributed by atoms with Crippen molar-refractivity contribution in [3.8, 4) is 0 Å². The zero-order chi connectivity index (χ0) is 22.7. The molecule has 1 saturated carbocycles. The summed E-state index contributed by atoms with van der Waals surface area (Å²) in [6.07, 6.45) is 1.58. The Morgan fingerprint density at radius 2 is 1.47 bits per heavy atom. The molecule has 0 aliphatic heterocycles. The second-order valence-electron chi connectivity index (χ2n) is 7.74. The highest BCUT2D eigenvalue weighted by Crippen LogP contribution is 2.31. The van der Waals surface area contributed by atoms with Crippen molar-refractivity contribution in [1.29, 1.82) is 0 Å². The predicted octanol–water partition coefficient (Wildman–Crippen LogP) is 5.00. The number of amides is 1. The van der Waals surface area contributed by atoms with Crippen LogP contribution in [0.4, 0.5) is 0 Å². The van der Waals surface area contributed by atoms with E-state index in [-0.39, 0.29) is 32.5 Å². The van der Waals surface area contributed by atoms with Crippen LogP contribution in [0.2, 0.25) is 10.0 Å². The largest absolute Gasteiger partial charge is 0.351 e. The van der Waals surface area contributed by atoms with Crippen LogP contribution in [0.15, 0.2) is 77.7 Å². The minimum Gasteiger partial charge on any atom is -0.351 e. The fourth-order valence-electron chi connectivity index (χ4n) is 3.48. The first kappa shape index (κ1) is 22.8. The summed E-state index contributed by atoms with van der Waals surface area (Å²) in [6.45, 7) is 0.314. The lowest BCUT2D eigenvalue weighted by atomic mass is 9.91. The number of carbonyl (C=O) groups is 1. The van der Waals surface area contributed by atoms with Gasteiger partial charge in [0.1, 0.15) is 4.90 Å². The first-order valence-electron chi connectivity index (χ1n) is 10.2. The van der Waals surface area contributed by atoms with Gasteiger partial charge in [0.2, 0.25) is 10.0 Å². The Balaban J connectivity index is 1.58. The molecule has 3 aromatic rings. The molecule has 0 bridgehead atoms. The van der Waals surface area contributed by atoms with Crippen molar-refractivity contribution < 1.29 is 13.2 Å². The van der Waals surface area contributed by atoms with Crippen LogP contribution >= 0.6 is 23.2 Å². The van der Waals surface area contributed by atoms with Crippen molar-refractivity contribution in [2.75, 3.05) is 6.54 Å². The molecule has 1 aliphatic carbocycles. The van der Waals surface area contributed by atoms with Crippen LogP contribution in [0.3, 0.4) is 0 Å². The Labute approximate surface area is 197 Å². The van der Waals surface area contributed by atoms with Crippen molar-refractivity contribution in [3.05, 3.63) is 99.5 Å². The highest BCUT2D eigenvalue weighted by atomic mass is 35.5. The summed E-state index contributed by atoms with van der Waals surface area (Å²) >= 11 is 12.4. The molecule has 3 aromatic carbocycles. The van der Waals surface area contributed by atoms with E-state index in [0.29, 0.717) is 6.54 Å². The molecule has 1 amide bonds. The third-order valence-corrected chi connectivity index (χ3v) is 7.62. The van der Waals surface area contributed by atoms with Gasteiger partial charge >= 0.3 is 0 Å². The lowest BCUT2D eigenvalue weighted by molar-refractivity contribution is 0.0952. The molecular formula is C24H22Cl2N2O3S. The summed E-state index contributed by atoms with van der Waals surface area (Å²) in [4.78, 5) is 12.9. The maximum absolute atomic E-state index is 13.0. The Hall–Kier alpha value is -2.38. The molecule has 32 heavy (non-hydrogen) atoms. The van der Waals surface area contributed by atoms with Gasteiger partial charge in [-0.15, -0.1) is 0 Å². The van der Waals surface area contributed by atoms with Gasteiger partial charge in [-0.1, -0.05) is 83.9 Å². The number of carbonyl (C=O) groups excluding carboxylic acids is 1. The molecule has 4 rings (SSSR count). The first-order valence-corrected chi connectivity index (χ1v) is 12.5. The third kappa shape index (κ3) is 5.33. The zero-order valence-corrected chi connectivity index (χ0v) is 19.4. The number of hydrogen-bond acceptors (Lipinski definition) is 3. The molecule has 166 valence electrons. The predicted molar refractivity (Wildman–Crippen MR) is 127 cm³/mol. The number of rotatable bonds is 8. The molecule has 1 fully saturated rings. The van der Waals surface area contributed by atoms with Crippen molar-refractivity contribution in [3.63, 3.8) is 0 Å². The summed E-state index contributed by atoms with van der Waals surface area (Å²) in [6, 6.07) is 22.2. The van der Waals surface area contributed by atoms with Crippen LogP contribution in [0.5, 0.6) is 0 Å². The average molecular weight is 489 g/mol. The lowest BCUT2D eigenvalue weighted by Crippen LogP contribution is -2.30. The Morgan fingerprint density at radius 3 is 2.00 bits per heavy atom. The Bertz CT molecular complexity index is 1180. The summed E-state index contributed by atoms with van der Waals surface area (Å²) in [5.74, 6) is -0.543. The van der Waals surface area contributed by atoms with Gasteiger partial charge in [0, 0.05) is 18.5 Å². The van der Waals surface area contributed by atoms with E-state index in [1.807, 2.05) is 60.7 Å². The quantitative estimate of drug-likeness (QED) is 0.468. The van der Waals surface area contributed by atoms with Crippen molar-refractivity contribution in [2.45, 2.75) is 29.7 Å². The minimum atomic E-state index is -3.84. The van der Waals surface area contributed by atoms with Crippen molar-refractivity contribution >= 4 is 39.1 Å². The molecule has 0 atom stereocenters. The second-order valence-corrected chi connectivity index (χ2v) is 10.2. The van der Waals surface area contributed by atoms with Crippen LogP contribution in [-0.4, -0.2) is 26.9 Å². The van der Waals surface area contributed by atoms with Gasteiger partial charge < -0.3 is 5.32 Å². The van der Waals surface area contributed by atoms with Gasteiger partial charge in [-0.3, -0.25) is 4.79 Å². The second kappa shape index (κ2) is 9.63. The van der Waals surface area contributed by atoms with Crippen LogP contribution < -0.4 is 10.0 Å². The summed E-state index contributed by atoms with van der Waals surface area (Å²) in [5.41, 5.74) is 2.17. The molecule has 0 spiro atoms. The smallest absolute Gasteiger partial charge is 0.252 e. The fraction of sp³-hybridized carbons (Fsp3) is 0.208. The van der Waals surface area contributed by atoms with E-state index in [1.54, 1.807) is 0 Å². The van der Waals surface area contributed by atoms with Crippen LogP contribution in [0.1, 0.15) is 40.2 Å². The molecule has 0 saturated heterocycles. The minimum absolute atomic E-state index is 0.0221. The zero-order valence-electron chi connectivity index (χ0n) is 17.1. The standard InChI is InChI=1S/C24H22Cl2N2O3S/c25-21-14-22(26)23(32(30,31)28-18-11-12-18)13-19(21)24(29)27-15-20(16-7-3-1-4-8-16)17-9-5-2-6-10-17/h1-10,13-14,18,20,28H,11-12,15H2,(H,27,29). The normalized spacial score (nSPS) is 13.8. The van der Waals surface area contributed by atoms with Gasteiger partial charge in [0.25, 0.3) is 5.91 Å². The van der Waals surface area contributed by atoms with Crippen molar-refractivity contribution in [2.24, 2.45) is 0 Å². The maximum atomic E-state index is 13.0. The van der Waals surface area contributed by atoms with Crippen LogP contribution in [0, 0.1) is 0 Å². The molecule has 0 unspecified atom stereocenters. The van der Waals surface area contributed by atoms with E-state index in [2.05, 4.69) is 10.0 Å². The first-order chi connectivity index (χ1) is 15.3. The average Bonchev–Trinajstić information content (AvgIpc) is 3.58. The molecule has 2 N–H and O–H groups in total. The topological polar surface area (TPSA) is 75.3 Å². The monoisotopic (exact) mass is 488 g/mol. The summed E-state index contributed by atoms with van der Waals surface area (Å²) < 4.78 is 27.9. The fourth-order valence-corrected chi connectivity index (χ4v) is 5.65. The van der Waals surface area contributed by atoms with Crippen LogP contribution in [-0.2, 0) is 10.0 Å². The summed E-state index contributed by atoms with van der Waals surface area (Å²) in [5, 5.41) is 2.98. The van der Waals surface area contributed by atoms with E-state index in [0.717, 1.165) is 24.0 Å². The highest BCUT2D eigenvalue weighted by molar-refractivity contribution is 7.89. The molecule has 0 radical (unpaired) electrons. The molecule has 8 heteroatoms. The molecule has 1 aliphatic rings. The number of halogens is 2. The Kier molecular flexibility index (Phi) is 6.86. The Morgan fingerprint density at radius 1 is 0.906 bits per heavy atom. The van der Waals surface area contributed by atoms with Gasteiger partial charge in [-0.2, -0.15) is 0 Å². The molecule has 0 aromatic heterocycles. The number of hydrogen-bond donors (Lipinski definition) is 2. The van der Waals surface area contributed by atoms with Gasteiger partial charge in [0.15, 0.2) is 0 Å². The lowest BCUT2D eigenvalue weighted by Gasteiger charge is -2.19. The number of sulfonamides is 1. The van der Waals surface area contributed by atoms with E-state index in [1.165, 1.54) is 12.1 Å². The van der Waals surface area contributed by atoms with Gasteiger partial charge in [0.05, 0.1) is 15.6 Å². The highest BCUT2D eigenvalue weighted by Gasteiger charge is 2.30. The molecular weight excluding hydrogens is 467 g/mol. The van der Waals surface area contributed by atoms with E-state index < -0.39 is 15.9 Å². The number of nitrogens with one attached hydrogen (secondary N) is 2. The number of benzene rings is 3. The van der Waals surface area contributed by atoms with Gasteiger partial charge in [-0.05, 0) is 36.1 Å². The van der Waals surface area contributed by atoms with Crippen LogP contribution in [0.25, 0.3) is 0 Å². The third-order valence-electron chi connectivity index (χ3n) is 5.33. The maximum Gasteiger partial charge on any atom is 0.252 e. The molecule has 0 heterocycles. The SMILES string of the molecule is O=C(NCC(c1ccccc1)c1ccccc1)c1cc(S(=O)(=O)NC2CC2)c(Cl)cc1Cl.